The number of aromatic nitrogens is 1. The summed E-state index contributed by atoms with van der Waals surface area (Å²) < 4.78 is 5.26. The molecule has 1 aromatic heterocycles. The predicted molar refractivity (Wildman–Crippen MR) is 43.1 cm³/mol. The molecule has 1 aromatic rings. The molecule has 1 aliphatic carbocycles. The number of nitrogens with zero attached hydrogens (tertiary/aromatic N) is 1. The molecule has 64 valence electrons. The third-order valence-corrected chi connectivity index (χ3v) is 2.21. The molecule has 0 unspecified atom stereocenters. The molecule has 0 saturated carbocycles. The first-order valence-electron chi connectivity index (χ1n) is 4.34. The Labute approximate surface area is 70.8 Å². The Morgan fingerprint density at radius 1 is 1.25 bits per heavy atom. The molecule has 1 aliphatic rings. The zero-order valence-electron chi connectivity index (χ0n) is 6.88. The Morgan fingerprint density at radius 3 is 2.92 bits per heavy atom. The predicted octanol–water partition coefficient (Wildman–Crippen LogP) is 1.76. The van der Waals surface area contributed by atoms with E-state index >= 15 is 0 Å². The van der Waals surface area contributed by atoms with Gasteiger partial charge in [-0.1, -0.05) is 6.42 Å². The number of hydrogen-bond acceptors (Lipinski definition) is 3. The number of aldehydes is 1. The fourth-order valence-electron chi connectivity index (χ4n) is 1.60. The Hall–Kier alpha value is -1.12. The molecule has 0 saturated heterocycles. The van der Waals surface area contributed by atoms with Gasteiger partial charge >= 0.3 is 0 Å². The van der Waals surface area contributed by atoms with E-state index in [1.165, 1.54) is 6.42 Å². The van der Waals surface area contributed by atoms with E-state index in [4.69, 9.17) is 4.42 Å². The number of carbonyl (C=O) groups excluding carboxylic acids is 1. The maximum Gasteiger partial charge on any atom is 0.260 e. The topological polar surface area (TPSA) is 43.1 Å². The highest BCUT2D eigenvalue weighted by atomic mass is 16.4. The van der Waals surface area contributed by atoms with Crippen LogP contribution in [0.15, 0.2) is 4.42 Å². The molecule has 0 aromatic carbocycles. The summed E-state index contributed by atoms with van der Waals surface area (Å²) in [6.45, 7) is 0. The molecule has 3 heteroatoms. The first-order valence-corrected chi connectivity index (χ1v) is 4.34. The van der Waals surface area contributed by atoms with E-state index in [1.54, 1.807) is 0 Å². The van der Waals surface area contributed by atoms with Gasteiger partial charge in [-0.05, 0) is 19.3 Å². The first-order chi connectivity index (χ1) is 5.90. The van der Waals surface area contributed by atoms with E-state index in [2.05, 4.69) is 4.98 Å². The minimum Gasteiger partial charge on any atom is -0.439 e. The van der Waals surface area contributed by atoms with Gasteiger partial charge in [0.1, 0.15) is 5.76 Å². The molecule has 2 rings (SSSR count). The van der Waals surface area contributed by atoms with Crippen LogP contribution in [0.25, 0.3) is 0 Å². The Kier molecular flexibility index (Phi) is 1.94. The molecule has 12 heavy (non-hydrogen) atoms. The second-order valence-corrected chi connectivity index (χ2v) is 3.10. The van der Waals surface area contributed by atoms with Crippen molar-refractivity contribution in [1.29, 1.82) is 0 Å². The Balaban J connectivity index is 2.32. The van der Waals surface area contributed by atoms with Gasteiger partial charge in [-0.25, -0.2) is 4.98 Å². The lowest BCUT2D eigenvalue weighted by atomic mass is 10.2. The van der Waals surface area contributed by atoms with Gasteiger partial charge in [-0.2, -0.15) is 0 Å². The standard InChI is InChI=1S/C9H11NO2/c11-6-9-10-7-4-2-1-3-5-8(7)12-9/h6H,1-5H2. The third kappa shape index (κ3) is 1.26. The number of rotatable bonds is 1. The minimum absolute atomic E-state index is 0.238. The fraction of sp³-hybridized carbons (Fsp3) is 0.556. The van der Waals surface area contributed by atoms with E-state index < -0.39 is 0 Å². The monoisotopic (exact) mass is 165 g/mol. The van der Waals surface area contributed by atoms with Crippen molar-refractivity contribution in [3.63, 3.8) is 0 Å². The van der Waals surface area contributed by atoms with Crippen LogP contribution in [0.5, 0.6) is 0 Å². The molecule has 0 spiro atoms. The van der Waals surface area contributed by atoms with Crippen molar-refractivity contribution < 1.29 is 9.21 Å². The van der Waals surface area contributed by atoms with Gasteiger partial charge in [0.25, 0.3) is 5.89 Å². The molecular formula is C9H11NO2. The van der Waals surface area contributed by atoms with Gasteiger partial charge in [0.15, 0.2) is 0 Å². The van der Waals surface area contributed by atoms with Gasteiger partial charge in [0, 0.05) is 6.42 Å². The maximum atomic E-state index is 10.4. The molecule has 0 radical (unpaired) electrons. The molecule has 0 amide bonds. The smallest absolute Gasteiger partial charge is 0.260 e. The summed E-state index contributed by atoms with van der Waals surface area (Å²) in [6, 6.07) is 0. The van der Waals surface area contributed by atoms with Crippen LogP contribution in [0.2, 0.25) is 0 Å². The summed E-state index contributed by atoms with van der Waals surface area (Å²) in [4.78, 5) is 14.4. The van der Waals surface area contributed by atoms with Crippen LogP contribution in [0.1, 0.15) is 41.4 Å². The molecule has 1 heterocycles. The van der Waals surface area contributed by atoms with Crippen molar-refractivity contribution in [2.45, 2.75) is 32.1 Å². The summed E-state index contributed by atoms with van der Waals surface area (Å²) in [5, 5.41) is 0. The van der Waals surface area contributed by atoms with Crippen molar-refractivity contribution in [2.24, 2.45) is 0 Å². The largest absolute Gasteiger partial charge is 0.439 e. The van der Waals surface area contributed by atoms with E-state index in [0.717, 1.165) is 37.1 Å². The highest BCUT2D eigenvalue weighted by molar-refractivity contribution is 5.67. The quantitative estimate of drug-likeness (QED) is 0.470. The van der Waals surface area contributed by atoms with Gasteiger partial charge in [0.05, 0.1) is 5.69 Å². The zero-order chi connectivity index (χ0) is 8.39. The van der Waals surface area contributed by atoms with Crippen molar-refractivity contribution in [3.8, 4) is 0 Å². The van der Waals surface area contributed by atoms with Gasteiger partial charge in [-0.3, -0.25) is 4.79 Å². The van der Waals surface area contributed by atoms with Crippen molar-refractivity contribution in [2.75, 3.05) is 0 Å². The van der Waals surface area contributed by atoms with Crippen LogP contribution in [-0.2, 0) is 12.8 Å². The zero-order valence-corrected chi connectivity index (χ0v) is 6.88. The molecule has 3 nitrogen and oxygen atoms in total. The Bertz CT molecular complexity index is 267. The van der Waals surface area contributed by atoms with Crippen LogP contribution in [0, 0.1) is 0 Å². The summed E-state index contributed by atoms with van der Waals surface area (Å²) in [6.07, 6.45) is 6.14. The number of hydrogen-bond donors (Lipinski definition) is 0. The summed E-state index contributed by atoms with van der Waals surface area (Å²) in [5.41, 5.74) is 0.995. The SMILES string of the molecule is O=Cc1nc2c(o1)CCCCC2. The van der Waals surface area contributed by atoms with Gasteiger partial charge < -0.3 is 4.42 Å². The minimum atomic E-state index is 0.238. The van der Waals surface area contributed by atoms with E-state index in [0.29, 0.717) is 6.29 Å². The van der Waals surface area contributed by atoms with Gasteiger partial charge in [-0.15, -0.1) is 0 Å². The molecule has 0 N–H and O–H groups in total. The van der Waals surface area contributed by atoms with Crippen LogP contribution in [0.4, 0.5) is 0 Å². The molecular weight excluding hydrogens is 154 g/mol. The normalized spacial score (nSPS) is 16.7. The van der Waals surface area contributed by atoms with Crippen molar-refractivity contribution >= 4 is 6.29 Å². The van der Waals surface area contributed by atoms with Crippen LogP contribution in [-0.4, -0.2) is 11.3 Å². The summed E-state index contributed by atoms with van der Waals surface area (Å²) in [5.74, 6) is 1.16. The average Bonchev–Trinajstić information content (AvgIpc) is 2.37. The maximum absolute atomic E-state index is 10.4. The van der Waals surface area contributed by atoms with Crippen molar-refractivity contribution in [3.05, 3.63) is 17.3 Å². The number of fused-ring (bicyclic) bond motifs is 1. The molecule has 0 aliphatic heterocycles. The Morgan fingerprint density at radius 2 is 2.08 bits per heavy atom. The number of carbonyl (C=O) groups is 1. The first kappa shape index (κ1) is 7.53. The number of aryl methyl sites for hydroxylation is 2. The van der Waals surface area contributed by atoms with Crippen molar-refractivity contribution in [1.82, 2.24) is 4.98 Å². The average molecular weight is 165 g/mol. The second-order valence-electron chi connectivity index (χ2n) is 3.10. The van der Waals surface area contributed by atoms with Crippen LogP contribution >= 0.6 is 0 Å². The van der Waals surface area contributed by atoms with Crippen LogP contribution in [0.3, 0.4) is 0 Å². The summed E-state index contributed by atoms with van der Waals surface area (Å²) in [7, 11) is 0. The summed E-state index contributed by atoms with van der Waals surface area (Å²) >= 11 is 0. The third-order valence-electron chi connectivity index (χ3n) is 2.21. The lowest BCUT2D eigenvalue weighted by molar-refractivity contribution is 0.109. The molecule has 0 atom stereocenters. The fourth-order valence-corrected chi connectivity index (χ4v) is 1.60. The highest BCUT2D eigenvalue weighted by Gasteiger charge is 2.14. The van der Waals surface area contributed by atoms with Gasteiger partial charge in [0.2, 0.25) is 6.29 Å². The lowest BCUT2D eigenvalue weighted by Crippen LogP contribution is -1.86. The van der Waals surface area contributed by atoms with E-state index in [1.807, 2.05) is 0 Å². The number of oxazole rings is 1. The van der Waals surface area contributed by atoms with E-state index in [-0.39, 0.29) is 5.89 Å². The highest BCUT2D eigenvalue weighted by Crippen LogP contribution is 2.20. The second kappa shape index (κ2) is 3.09. The van der Waals surface area contributed by atoms with E-state index in [9.17, 15) is 4.79 Å². The lowest BCUT2D eigenvalue weighted by Gasteiger charge is -1.89. The molecule has 0 bridgehead atoms. The molecule has 0 fully saturated rings. The van der Waals surface area contributed by atoms with Crippen LogP contribution < -0.4 is 0 Å².